The Kier molecular flexibility index (Phi) is 5.03. The lowest BCUT2D eigenvalue weighted by molar-refractivity contribution is -0.123. The maximum Gasteiger partial charge on any atom is 0.220 e. The minimum Gasteiger partial charge on any atom is -0.369 e. The summed E-state index contributed by atoms with van der Waals surface area (Å²) in [5, 5.41) is 12.6. The predicted octanol–water partition coefficient (Wildman–Crippen LogP) is 1.85. The van der Waals surface area contributed by atoms with E-state index in [1.807, 2.05) is 12.1 Å². The highest BCUT2D eigenvalue weighted by Crippen LogP contribution is 2.22. The molecule has 0 spiro atoms. The van der Waals surface area contributed by atoms with E-state index in [1.54, 1.807) is 12.4 Å². The van der Waals surface area contributed by atoms with Crippen LogP contribution >= 0.6 is 11.3 Å². The Morgan fingerprint density at radius 1 is 1.46 bits per heavy atom. The molecule has 0 bridgehead atoms. The SMILES string of the molecule is N#Cc1cnc(Nc2cc(CN3CCC(C(N)=O)CC3)ccn2)s1. The molecule has 2 aromatic rings. The van der Waals surface area contributed by atoms with Gasteiger partial charge in [0.1, 0.15) is 16.8 Å². The minimum atomic E-state index is -0.190. The number of nitrogens with two attached hydrogens (primary N) is 1. The summed E-state index contributed by atoms with van der Waals surface area (Å²) in [6.07, 6.45) is 4.94. The van der Waals surface area contributed by atoms with Gasteiger partial charge in [-0.25, -0.2) is 9.97 Å². The van der Waals surface area contributed by atoms with Gasteiger partial charge in [-0.1, -0.05) is 11.3 Å². The Morgan fingerprint density at radius 2 is 2.25 bits per heavy atom. The summed E-state index contributed by atoms with van der Waals surface area (Å²) in [6, 6.07) is 6.03. The zero-order valence-corrected chi connectivity index (χ0v) is 13.9. The van der Waals surface area contributed by atoms with Crippen molar-refractivity contribution in [2.45, 2.75) is 19.4 Å². The summed E-state index contributed by atoms with van der Waals surface area (Å²) in [5.74, 6) is 0.527. The quantitative estimate of drug-likeness (QED) is 0.858. The van der Waals surface area contributed by atoms with Gasteiger partial charge in [0.15, 0.2) is 5.13 Å². The number of nitrogens with zero attached hydrogens (tertiary/aromatic N) is 4. The second kappa shape index (κ2) is 7.38. The number of nitrogens with one attached hydrogen (secondary N) is 1. The Labute approximate surface area is 144 Å². The molecule has 24 heavy (non-hydrogen) atoms. The Hall–Kier alpha value is -2.50. The number of anilines is 2. The van der Waals surface area contributed by atoms with Crippen LogP contribution in [0.4, 0.5) is 10.9 Å². The number of carbonyl (C=O) groups is 1. The highest BCUT2D eigenvalue weighted by molar-refractivity contribution is 7.16. The van der Waals surface area contributed by atoms with Crippen LogP contribution in [0.25, 0.3) is 0 Å². The molecule has 1 saturated heterocycles. The van der Waals surface area contributed by atoms with Crippen molar-refractivity contribution in [2.75, 3.05) is 18.4 Å². The number of piperidine rings is 1. The average molecular weight is 342 g/mol. The van der Waals surface area contributed by atoms with Gasteiger partial charge >= 0.3 is 0 Å². The van der Waals surface area contributed by atoms with Gasteiger partial charge in [0.05, 0.1) is 6.20 Å². The third-order valence-corrected chi connectivity index (χ3v) is 4.89. The smallest absolute Gasteiger partial charge is 0.220 e. The van der Waals surface area contributed by atoms with Crippen LogP contribution in [0, 0.1) is 17.2 Å². The molecule has 0 radical (unpaired) electrons. The lowest BCUT2D eigenvalue weighted by atomic mass is 9.96. The second-order valence-corrected chi connectivity index (χ2v) is 6.80. The zero-order valence-electron chi connectivity index (χ0n) is 13.1. The fourth-order valence-corrected chi connectivity index (χ4v) is 3.39. The molecule has 0 atom stereocenters. The van der Waals surface area contributed by atoms with E-state index in [1.165, 1.54) is 11.3 Å². The van der Waals surface area contributed by atoms with Gasteiger partial charge < -0.3 is 11.1 Å². The molecule has 8 heteroatoms. The molecule has 1 fully saturated rings. The third kappa shape index (κ3) is 4.07. The lowest BCUT2D eigenvalue weighted by Crippen LogP contribution is -2.38. The van der Waals surface area contributed by atoms with E-state index >= 15 is 0 Å². The van der Waals surface area contributed by atoms with E-state index < -0.39 is 0 Å². The molecule has 0 unspecified atom stereocenters. The first-order valence-electron chi connectivity index (χ1n) is 7.73. The maximum absolute atomic E-state index is 11.2. The number of rotatable bonds is 5. The van der Waals surface area contributed by atoms with Crippen molar-refractivity contribution < 1.29 is 4.79 Å². The molecule has 3 heterocycles. The van der Waals surface area contributed by atoms with Crippen molar-refractivity contribution in [1.82, 2.24) is 14.9 Å². The molecule has 1 aliphatic rings. The molecule has 1 amide bonds. The zero-order chi connectivity index (χ0) is 16.9. The molecule has 0 saturated carbocycles. The van der Waals surface area contributed by atoms with Crippen LogP contribution in [0.5, 0.6) is 0 Å². The topological polar surface area (TPSA) is 108 Å². The largest absolute Gasteiger partial charge is 0.369 e. The number of carbonyl (C=O) groups excluding carboxylic acids is 1. The summed E-state index contributed by atoms with van der Waals surface area (Å²) < 4.78 is 0. The molecule has 7 nitrogen and oxygen atoms in total. The van der Waals surface area contributed by atoms with Gasteiger partial charge in [-0.15, -0.1) is 0 Å². The lowest BCUT2D eigenvalue weighted by Gasteiger charge is -2.30. The predicted molar refractivity (Wildman–Crippen MR) is 91.5 cm³/mol. The molecule has 3 rings (SSSR count). The van der Waals surface area contributed by atoms with Crippen LogP contribution < -0.4 is 11.1 Å². The number of pyridine rings is 1. The summed E-state index contributed by atoms with van der Waals surface area (Å²) in [5.41, 5.74) is 6.51. The standard InChI is InChI=1S/C16H18N6OS/c17-8-13-9-20-16(24-13)21-14-7-11(1-4-19-14)10-22-5-2-12(3-6-22)15(18)23/h1,4,7,9,12H,2-3,5-6,10H2,(H2,18,23)(H,19,20,21). The third-order valence-electron chi connectivity index (χ3n) is 4.07. The van der Waals surface area contributed by atoms with Crippen molar-refractivity contribution in [3.63, 3.8) is 0 Å². The van der Waals surface area contributed by atoms with Crippen molar-refractivity contribution in [2.24, 2.45) is 11.7 Å². The second-order valence-electron chi connectivity index (χ2n) is 5.77. The van der Waals surface area contributed by atoms with E-state index in [0.29, 0.717) is 15.8 Å². The molecule has 1 aliphatic heterocycles. The molecule has 124 valence electrons. The normalized spacial score (nSPS) is 15.8. The molecule has 2 aromatic heterocycles. The number of thiazole rings is 1. The first-order chi connectivity index (χ1) is 11.6. The first-order valence-corrected chi connectivity index (χ1v) is 8.55. The molecule has 0 aromatic carbocycles. The van der Waals surface area contributed by atoms with Crippen LogP contribution in [0.1, 0.15) is 23.3 Å². The summed E-state index contributed by atoms with van der Waals surface area (Å²) in [7, 11) is 0. The monoisotopic (exact) mass is 342 g/mol. The van der Waals surface area contributed by atoms with Gasteiger partial charge in [-0.2, -0.15) is 5.26 Å². The number of aromatic nitrogens is 2. The van der Waals surface area contributed by atoms with Gasteiger partial charge in [-0.05, 0) is 43.6 Å². The van der Waals surface area contributed by atoms with Crippen molar-refractivity contribution >= 4 is 28.2 Å². The number of primary amides is 1. The van der Waals surface area contributed by atoms with Crippen LogP contribution in [-0.4, -0.2) is 33.9 Å². The van der Waals surface area contributed by atoms with Crippen molar-refractivity contribution in [3.05, 3.63) is 35.0 Å². The van der Waals surface area contributed by atoms with E-state index in [2.05, 4.69) is 26.3 Å². The van der Waals surface area contributed by atoms with E-state index in [9.17, 15) is 4.79 Å². The molecular weight excluding hydrogens is 324 g/mol. The summed E-state index contributed by atoms with van der Waals surface area (Å²) in [6.45, 7) is 2.55. The average Bonchev–Trinajstić information content (AvgIpc) is 3.03. The maximum atomic E-state index is 11.2. The highest BCUT2D eigenvalue weighted by Gasteiger charge is 2.23. The van der Waals surface area contributed by atoms with Crippen LogP contribution in [0.15, 0.2) is 24.5 Å². The number of nitriles is 1. The Morgan fingerprint density at radius 3 is 2.92 bits per heavy atom. The van der Waals surface area contributed by atoms with Gasteiger partial charge in [0.2, 0.25) is 5.91 Å². The van der Waals surface area contributed by atoms with E-state index in [0.717, 1.165) is 38.0 Å². The van der Waals surface area contributed by atoms with Crippen LogP contribution in [0.3, 0.4) is 0 Å². The number of hydrogen-bond acceptors (Lipinski definition) is 7. The number of amides is 1. The summed E-state index contributed by atoms with van der Waals surface area (Å²) >= 11 is 1.29. The molecular formula is C16H18N6OS. The van der Waals surface area contributed by atoms with Gasteiger partial charge in [-0.3, -0.25) is 9.69 Å². The van der Waals surface area contributed by atoms with E-state index in [-0.39, 0.29) is 11.8 Å². The Balaban J connectivity index is 1.59. The fraction of sp³-hybridized carbons (Fsp3) is 0.375. The highest BCUT2D eigenvalue weighted by atomic mass is 32.1. The van der Waals surface area contributed by atoms with Gasteiger partial charge in [0, 0.05) is 18.7 Å². The van der Waals surface area contributed by atoms with Crippen LogP contribution in [0.2, 0.25) is 0 Å². The number of likely N-dealkylation sites (tertiary alicyclic amines) is 1. The van der Waals surface area contributed by atoms with Gasteiger partial charge in [0.25, 0.3) is 0 Å². The molecule has 0 aliphatic carbocycles. The Bertz CT molecular complexity index is 760. The van der Waals surface area contributed by atoms with Crippen molar-refractivity contribution in [1.29, 1.82) is 5.26 Å². The minimum absolute atomic E-state index is 0.00940. The molecule has 3 N–H and O–H groups in total. The first kappa shape index (κ1) is 16.4. The van der Waals surface area contributed by atoms with Crippen LogP contribution in [-0.2, 0) is 11.3 Å². The fourth-order valence-electron chi connectivity index (χ4n) is 2.77. The summed E-state index contributed by atoms with van der Waals surface area (Å²) in [4.78, 5) is 22.5. The van der Waals surface area contributed by atoms with Crippen molar-refractivity contribution in [3.8, 4) is 6.07 Å². The number of hydrogen-bond donors (Lipinski definition) is 2. The van der Waals surface area contributed by atoms with E-state index in [4.69, 9.17) is 11.0 Å².